The van der Waals surface area contributed by atoms with Crippen molar-refractivity contribution in [1.29, 1.82) is 0 Å². The second kappa shape index (κ2) is 7.00. The summed E-state index contributed by atoms with van der Waals surface area (Å²) in [4.78, 5) is 11.9. The molecule has 0 bridgehead atoms. The Balaban J connectivity index is 2.22. The fourth-order valence-electron chi connectivity index (χ4n) is 2.47. The largest absolute Gasteiger partial charge is 0.355 e. The molecule has 1 saturated carbocycles. The molecule has 3 heteroatoms. The lowest BCUT2D eigenvalue weighted by molar-refractivity contribution is -0.123. The van der Waals surface area contributed by atoms with Crippen molar-refractivity contribution in [3.8, 4) is 0 Å². The van der Waals surface area contributed by atoms with E-state index in [1.165, 1.54) is 32.1 Å². The fourth-order valence-corrected chi connectivity index (χ4v) is 2.47. The molecule has 1 atom stereocenters. The van der Waals surface area contributed by atoms with Gasteiger partial charge in [0.2, 0.25) is 5.91 Å². The highest BCUT2D eigenvalue weighted by molar-refractivity contribution is 5.81. The van der Waals surface area contributed by atoms with E-state index in [0.29, 0.717) is 0 Å². The van der Waals surface area contributed by atoms with E-state index in [4.69, 9.17) is 0 Å². The van der Waals surface area contributed by atoms with Crippen LogP contribution in [-0.2, 0) is 4.79 Å². The number of carbonyl (C=O) groups excluding carboxylic acids is 1. The molecule has 0 aromatic carbocycles. The van der Waals surface area contributed by atoms with Crippen molar-refractivity contribution in [1.82, 2.24) is 10.6 Å². The van der Waals surface area contributed by atoms with Crippen LogP contribution in [0.2, 0.25) is 0 Å². The third kappa shape index (κ3) is 4.30. The van der Waals surface area contributed by atoms with Crippen molar-refractivity contribution in [2.45, 2.75) is 77.3 Å². The molecule has 0 saturated heterocycles. The Kier molecular flexibility index (Phi) is 5.96. The molecule has 0 aromatic rings. The average molecular weight is 240 g/mol. The predicted octanol–water partition coefficient (Wildman–Crippen LogP) is 2.60. The summed E-state index contributed by atoms with van der Waals surface area (Å²) < 4.78 is 0. The molecule has 1 fully saturated rings. The first kappa shape index (κ1) is 14.5. The first-order valence-corrected chi connectivity index (χ1v) is 7.19. The van der Waals surface area contributed by atoms with Crippen LogP contribution in [-0.4, -0.2) is 24.0 Å². The Morgan fingerprint density at radius 2 is 2.00 bits per heavy atom. The minimum Gasteiger partial charge on any atom is -0.355 e. The molecule has 1 aliphatic carbocycles. The van der Waals surface area contributed by atoms with Gasteiger partial charge in [-0.05, 0) is 39.0 Å². The molecule has 1 unspecified atom stereocenters. The number of carbonyl (C=O) groups is 1. The number of rotatable bonds is 8. The topological polar surface area (TPSA) is 41.1 Å². The zero-order valence-corrected chi connectivity index (χ0v) is 11.6. The standard InChI is InChI=1S/C14H28N2O/c1-4-6-7-11-15-13(17)12(3)16-14(5-2)9-8-10-14/h12,16H,4-11H2,1-3H3,(H,15,17). The van der Waals surface area contributed by atoms with Gasteiger partial charge in [-0.15, -0.1) is 0 Å². The second-order valence-electron chi connectivity index (χ2n) is 5.35. The van der Waals surface area contributed by atoms with Gasteiger partial charge in [0.15, 0.2) is 0 Å². The Bertz CT molecular complexity index is 231. The number of hydrogen-bond acceptors (Lipinski definition) is 2. The van der Waals surface area contributed by atoms with Crippen molar-refractivity contribution in [2.75, 3.05) is 6.54 Å². The predicted molar refractivity (Wildman–Crippen MR) is 72.0 cm³/mol. The molecule has 0 heterocycles. The molecular formula is C14H28N2O. The molecule has 0 aliphatic heterocycles. The third-order valence-corrected chi connectivity index (χ3v) is 3.98. The lowest BCUT2D eigenvalue weighted by Crippen LogP contribution is -2.57. The third-order valence-electron chi connectivity index (χ3n) is 3.98. The number of unbranched alkanes of at least 4 members (excludes halogenated alkanes) is 2. The molecule has 0 spiro atoms. The summed E-state index contributed by atoms with van der Waals surface area (Å²) in [6.45, 7) is 7.17. The quantitative estimate of drug-likeness (QED) is 0.640. The number of nitrogens with one attached hydrogen (secondary N) is 2. The highest BCUT2D eigenvalue weighted by Crippen LogP contribution is 2.34. The van der Waals surface area contributed by atoms with Gasteiger partial charge >= 0.3 is 0 Å². The summed E-state index contributed by atoms with van der Waals surface area (Å²) in [5.74, 6) is 0.154. The van der Waals surface area contributed by atoms with E-state index in [2.05, 4.69) is 24.5 Å². The van der Waals surface area contributed by atoms with E-state index in [0.717, 1.165) is 19.4 Å². The van der Waals surface area contributed by atoms with Crippen LogP contribution in [0.5, 0.6) is 0 Å². The molecule has 17 heavy (non-hydrogen) atoms. The van der Waals surface area contributed by atoms with Crippen LogP contribution in [0.25, 0.3) is 0 Å². The van der Waals surface area contributed by atoms with Gasteiger partial charge in [0.05, 0.1) is 6.04 Å². The van der Waals surface area contributed by atoms with Crippen molar-refractivity contribution >= 4 is 5.91 Å². The normalized spacial score (nSPS) is 19.5. The average Bonchev–Trinajstić information content (AvgIpc) is 2.28. The van der Waals surface area contributed by atoms with Crippen molar-refractivity contribution in [2.24, 2.45) is 0 Å². The van der Waals surface area contributed by atoms with Gasteiger partial charge in [0.25, 0.3) is 0 Å². The maximum Gasteiger partial charge on any atom is 0.236 e. The van der Waals surface area contributed by atoms with E-state index in [1.807, 2.05) is 6.92 Å². The summed E-state index contributed by atoms with van der Waals surface area (Å²) >= 11 is 0. The monoisotopic (exact) mass is 240 g/mol. The van der Waals surface area contributed by atoms with Crippen LogP contribution in [0.15, 0.2) is 0 Å². The SMILES string of the molecule is CCCCCNC(=O)C(C)NC1(CC)CCC1. The zero-order chi connectivity index (χ0) is 12.7. The molecule has 0 aromatic heterocycles. The van der Waals surface area contributed by atoms with Crippen LogP contribution < -0.4 is 10.6 Å². The smallest absolute Gasteiger partial charge is 0.236 e. The Hall–Kier alpha value is -0.570. The van der Waals surface area contributed by atoms with Crippen molar-refractivity contribution in [3.05, 3.63) is 0 Å². The Labute approximate surface area is 106 Å². The summed E-state index contributed by atoms with van der Waals surface area (Å²) in [7, 11) is 0. The molecule has 1 aliphatic rings. The Morgan fingerprint density at radius 3 is 2.47 bits per heavy atom. The van der Waals surface area contributed by atoms with Crippen molar-refractivity contribution < 1.29 is 4.79 Å². The molecular weight excluding hydrogens is 212 g/mol. The van der Waals surface area contributed by atoms with Crippen LogP contribution in [0.4, 0.5) is 0 Å². The van der Waals surface area contributed by atoms with E-state index in [-0.39, 0.29) is 17.5 Å². The molecule has 1 rings (SSSR count). The fraction of sp³-hybridized carbons (Fsp3) is 0.929. The minimum absolute atomic E-state index is 0.0584. The van der Waals surface area contributed by atoms with E-state index < -0.39 is 0 Å². The maximum atomic E-state index is 11.9. The van der Waals surface area contributed by atoms with Gasteiger partial charge in [-0.25, -0.2) is 0 Å². The van der Waals surface area contributed by atoms with Crippen LogP contribution in [0.1, 0.15) is 65.7 Å². The van der Waals surface area contributed by atoms with E-state index >= 15 is 0 Å². The molecule has 0 radical (unpaired) electrons. The van der Waals surface area contributed by atoms with Crippen LogP contribution in [0.3, 0.4) is 0 Å². The van der Waals surface area contributed by atoms with E-state index in [9.17, 15) is 4.79 Å². The van der Waals surface area contributed by atoms with Gasteiger partial charge in [0, 0.05) is 12.1 Å². The lowest BCUT2D eigenvalue weighted by atomic mass is 9.74. The van der Waals surface area contributed by atoms with Crippen LogP contribution >= 0.6 is 0 Å². The van der Waals surface area contributed by atoms with E-state index in [1.54, 1.807) is 0 Å². The Morgan fingerprint density at radius 1 is 1.29 bits per heavy atom. The molecule has 1 amide bonds. The van der Waals surface area contributed by atoms with Gasteiger partial charge in [-0.2, -0.15) is 0 Å². The highest BCUT2D eigenvalue weighted by Gasteiger charge is 2.36. The molecule has 3 nitrogen and oxygen atoms in total. The summed E-state index contributed by atoms with van der Waals surface area (Å²) in [5.41, 5.74) is 0.250. The molecule has 2 N–H and O–H groups in total. The van der Waals surface area contributed by atoms with Gasteiger partial charge in [-0.3, -0.25) is 4.79 Å². The summed E-state index contributed by atoms with van der Waals surface area (Å²) in [5, 5.41) is 6.52. The molecule has 100 valence electrons. The minimum atomic E-state index is -0.0584. The first-order chi connectivity index (χ1) is 8.13. The number of amides is 1. The highest BCUT2D eigenvalue weighted by atomic mass is 16.2. The summed E-state index contributed by atoms with van der Waals surface area (Å²) in [6.07, 6.45) is 8.34. The van der Waals surface area contributed by atoms with Gasteiger partial charge in [0.1, 0.15) is 0 Å². The first-order valence-electron chi connectivity index (χ1n) is 7.19. The van der Waals surface area contributed by atoms with Gasteiger partial charge in [-0.1, -0.05) is 26.7 Å². The second-order valence-corrected chi connectivity index (χ2v) is 5.35. The van der Waals surface area contributed by atoms with Crippen molar-refractivity contribution in [3.63, 3.8) is 0 Å². The van der Waals surface area contributed by atoms with Gasteiger partial charge < -0.3 is 10.6 Å². The maximum absolute atomic E-state index is 11.9. The zero-order valence-electron chi connectivity index (χ0n) is 11.6. The summed E-state index contributed by atoms with van der Waals surface area (Å²) in [6, 6.07) is -0.0584. The van der Waals surface area contributed by atoms with Crippen LogP contribution in [0, 0.1) is 0 Å². The number of hydrogen-bond donors (Lipinski definition) is 2. The lowest BCUT2D eigenvalue weighted by Gasteiger charge is -2.44.